The Hall–Kier alpha value is -1.75. The molecule has 1 aliphatic heterocycles. The lowest BCUT2D eigenvalue weighted by Gasteiger charge is -2.15. The van der Waals surface area contributed by atoms with Crippen LogP contribution in [-0.2, 0) is 13.0 Å². The minimum atomic E-state index is 0.718. The Balaban J connectivity index is 2.04. The fourth-order valence-electron chi connectivity index (χ4n) is 1.74. The smallest absolute Gasteiger partial charge is 0.177 e. The molecule has 0 saturated carbocycles. The van der Waals surface area contributed by atoms with E-state index in [9.17, 15) is 0 Å². The summed E-state index contributed by atoms with van der Waals surface area (Å²) in [6.07, 6.45) is 4.63. The molecule has 2 aromatic rings. The fourth-order valence-corrected chi connectivity index (χ4v) is 1.74. The predicted octanol–water partition coefficient (Wildman–Crippen LogP) is 0.512. The van der Waals surface area contributed by atoms with Crippen LogP contribution in [0.15, 0.2) is 18.5 Å². The van der Waals surface area contributed by atoms with Gasteiger partial charge in [-0.25, -0.2) is 9.97 Å². The number of hydrogen-bond donors (Lipinski definition) is 2. The third-order valence-electron chi connectivity index (χ3n) is 2.56. The lowest BCUT2D eigenvalue weighted by molar-refractivity contribution is 0.624. The third-order valence-corrected chi connectivity index (χ3v) is 2.56. The van der Waals surface area contributed by atoms with E-state index in [0.717, 1.165) is 36.7 Å². The van der Waals surface area contributed by atoms with Crippen molar-refractivity contribution in [1.82, 2.24) is 25.5 Å². The van der Waals surface area contributed by atoms with E-state index in [1.165, 1.54) is 5.56 Å². The number of rotatable bonds is 1. The normalized spacial score (nSPS) is 14.9. The van der Waals surface area contributed by atoms with E-state index in [0.29, 0.717) is 0 Å². The molecule has 0 amide bonds. The zero-order chi connectivity index (χ0) is 10.1. The Morgan fingerprint density at radius 2 is 2.33 bits per heavy atom. The molecule has 2 aromatic heterocycles. The number of fused-ring (bicyclic) bond motifs is 1. The number of H-pyrrole nitrogens is 1. The number of aromatic nitrogens is 4. The molecule has 0 saturated heterocycles. The topological polar surface area (TPSA) is 66.5 Å². The van der Waals surface area contributed by atoms with Gasteiger partial charge in [-0.2, -0.15) is 5.10 Å². The maximum atomic E-state index is 4.51. The van der Waals surface area contributed by atoms with Gasteiger partial charge in [-0.05, 0) is 24.6 Å². The van der Waals surface area contributed by atoms with Gasteiger partial charge in [0.25, 0.3) is 0 Å². The van der Waals surface area contributed by atoms with Gasteiger partial charge < -0.3 is 5.32 Å². The second-order valence-corrected chi connectivity index (χ2v) is 3.56. The first-order chi connectivity index (χ1) is 7.43. The molecule has 3 rings (SSSR count). The highest BCUT2D eigenvalue weighted by atomic mass is 15.1. The number of nitrogens with one attached hydrogen (secondary N) is 2. The maximum Gasteiger partial charge on any atom is 0.177 e. The van der Waals surface area contributed by atoms with Crippen LogP contribution in [0.5, 0.6) is 0 Å². The van der Waals surface area contributed by atoms with Crippen LogP contribution >= 0.6 is 0 Å². The van der Waals surface area contributed by atoms with Gasteiger partial charge in [0, 0.05) is 18.9 Å². The summed E-state index contributed by atoms with van der Waals surface area (Å²) in [6.45, 7) is 1.85. The van der Waals surface area contributed by atoms with Crippen LogP contribution < -0.4 is 5.32 Å². The summed E-state index contributed by atoms with van der Waals surface area (Å²) in [5.74, 6) is 0.718. The molecule has 0 bridgehead atoms. The van der Waals surface area contributed by atoms with Gasteiger partial charge in [-0.15, -0.1) is 0 Å². The third kappa shape index (κ3) is 1.50. The quantitative estimate of drug-likeness (QED) is 0.705. The van der Waals surface area contributed by atoms with E-state index in [1.807, 2.05) is 12.3 Å². The van der Waals surface area contributed by atoms with E-state index < -0.39 is 0 Å². The number of aromatic amines is 1. The predicted molar refractivity (Wildman–Crippen MR) is 55.0 cm³/mol. The molecule has 0 radical (unpaired) electrons. The van der Waals surface area contributed by atoms with Crippen molar-refractivity contribution in [2.45, 2.75) is 13.0 Å². The highest BCUT2D eigenvalue weighted by molar-refractivity contribution is 5.48. The molecular weight excluding hydrogens is 190 g/mol. The second-order valence-electron chi connectivity index (χ2n) is 3.56. The van der Waals surface area contributed by atoms with E-state index in [2.05, 4.69) is 25.5 Å². The minimum Gasteiger partial charge on any atom is -0.311 e. The number of nitrogens with zero attached hydrogens (tertiary/aromatic N) is 3. The molecule has 0 atom stereocenters. The molecular formula is C10H11N5. The van der Waals surface area contributed by atoms with Crippen LogP contribution in [0.2, 0.25) is 0 Å². The zero-order valence-electron chi connectivity index (χ0n) is 8.20. The van der Waals surface area contributed by atoms with Crippen LogP contribution in [-0.4, -0.2) is 26.7 Å². The first-order valence-corrected chi connectivity index (χ1v) is 4.99. The van der Waals surface area contributed by atoms with Crippen LogP contribution in [0.1, 0.15) is 11.3 Å². The van der Waals surface area contributed by atoms with E-state index in [4.69, 9.17) is 0 Å². The molecule has 1 aliphatic rings. The molecule has 0 aromatic carbocycles. The lowest BCUT2D eigenvalue weighted by atomic mass is 10.1. The average Bonchev–Trinajstić information content (AvgIpc) is 2.82. The van der Waals surface area contributed by atoms with Gasteiger partial charge in [0.2, 0.25) is 0 Å². The average molecular weight is 201 g/mol. The Labute approximate surface area is 87.0 Å². The van der Waals surface area contributed by atoms with E-state index >= 15 is 0 Å². The fraction of sp³-hybridized carbons (Fsp3) is 0.300. The van der Waals surface area contributed by atoms with Crippen molar-refractivity contribution < 1.29 is 0 Å². The van der Waals surface area contributed by atoms with Crippen molar-refractivity contribution in [3.63, 3.8) is 0 Å². The van der Waals surface area contributed by atoms with Gasteiger partial charge in [-0.1, -0.05) is 0 Å². The van der Waals surface area contributed by atoms with Crippen molar-refractivity contribution in [1.29, 1.82) is 0 Å². The SMILES string of the molecule is c1cc(-c2ncc3c(n2)CNCC3)[nH]n1. The van der Waals surface area contributed by atoms with E-state index in [1.54, 1.807) is 6.20 Å². The van der Waals surface area contributed by atoms with Gasteiger partial charge in [0.15, 0.2) is 5.82 Å². The maximum absolute atomic E-state index is 4.51. The van der Waals surface area contributed by atoms with Crippen molar-refractivity contribution in [2.75, 3.05) is 6.54 Å². The van der Waals surface area contributed by atoms with Crippen molar-refractivity contribution >= 4 is 0 Å². The molecule has 5 heteroatoms. The summed E-state index contributed by atoms with van der Waals surface area (Å²) < 4.78 is 0. The Bertz CT molecular complexity index is 463. The molecule has 76 valence electrons. The molecule has 15 heavy (non-hydrogen) atoms. The molecule has 2 N–H and O–H groups in total. The van der Waals surface area contributed by atoms with Gasteiger partial charge in [0.1, 0.15) is 5.69 Å². The zero-order valence-corrected chi connectivity index (χ0v) is 8.20. The van der Waals surface area contributed by atoms with Crippen LogP contribution in [0, 0.1) is 0 Å². The summed E-state index contributed by atoms with van der Waals surface area (Å²) >= 11 is 0. The molecule has 3 heterocycles. The standard InChI is InChI=1S/C10H11N5/c1-3-11-6-9-7(1)5-12-10(14-9)8-2-4-13-15-8/h2,4-5,11H,1,3,6H2,(H,13,15). The highest BCUT2D eigenvalue weighted by Gasteiger charge is 2.12. The molecule has 0 spiro atoms. The Kier molecular flexibility index (Phi) is 1.96. The minimum absolute atomic E-state index is 0.718. The van der Waals surface area contributed by atoms with Gasteiger partial charge in [0.05, 0.1) is 5.69 Å². The first-order valence-electron chi connectivity index (χ1n) is 4.99. The Morgan fingerprint density at radius 1 is 1.33 bits per heavy atom. The first kappa shape index (κ1) is 8.55. The molecule has 0 unspecified atom stereocenters. The lowest BCUT2D eigenvalue weighted by Crippen LogP contribution is -2.25. The van der Waals surface area contributed by atoms with Gasteiger partial charge in [-0.3, -0.25) is 5.10 Å². The molecule has 0 fully saturated rings. The summed E-state index contributed by atoms with van der Waals surface area (Å²) in [6, 6.07) is 1.87. The van der Waals surface area contributed by atoms with Crippen molar-refractivity contribution in [3.05, 3.63) is 29.7 Å². The largest absolute Gasteiger partial charge is 0.311 e. The van der Waals surface area contributed by atoms with E-state index in [-0.39, 0.29) is 0 Å². The summed E-state index contributed by atoms with van der Waals surface area (Å²) in [4.78, 5) is 8.84. The van der Waals surface area contributed by atoms with Gasteiger partial charge >= 0.3 is 0 Å². The summed E-state index contributed by atoms with van der Waals surface area (Å²) in [5, 5.41) is 10.1. The molecule has 5 nitrogen and oxygen atoms in total. The second kappa shape index (κ2) is 3.43. The highest BCUT2D eigenvalue weighted by Crippen LogP contribution is 2.15. The van der Waals surface area contributed by atoms with Crippen LogP contribution in [0.25, 0.3) is 11.5 Å². The van der Waals surface area contributed by atoms with Crippen molar-refractivity contribution in [3.8, 4) is 11.5 Å². The van der Waals surface area contributed by atoms with Crippen molar-refractivity contribution in [2.24, 2.45) is 0 Å². The van der Waals surface area contributed by atoms with Crippen LogP contribution in [0.3, 0.4) is 0 Å². The van der Waals surface area contributed by atoms with Crippen LogP contribution in [0.4, 0.5) is 0 Å². The molecule has 0 aliphatic carbocycles. The summed E-state index contributed by atoms with van der Waals surface area (Å²) in [7, 11) is 0. The Morgan fingerprint density at radius 3 is 3.20 bits per heavy atom. The number of hydrogen-bond acceptors (Lipinski definition) is 4. The summed E-state index contributed by atoms with van der Waals surface area (Å²) in [5.41, 5.74) is 3.21. The monoisotopic (exact) mass is 201 g/mol.